The molecule has 0 aliphatic carbocycles. The van der Waals surface area contributed by atoms with Crippen LogP contribution in [-0.4, -0.2) is 16.7 Å². The van der Waals surface area contributed by atoms with Crippen LogP contribution in [0.1, 0.15) is 18.5 Å². The molecular formula is C15H17NO2. The maximum atomic E-state index is 9.20. The van der Waals surface area contributed by atoms with E-state index in [9.17, 15) is 5.11 Å². The number of nitrogens with zero attached hydrogens (tertiary/aromatic N) is 1. The van der Waals surface area contributed by atoms with Gasteiger partial charge >= 0.3 is 0 Å². The lowest BCUT2D eigenvalue weighted by Crippen LogP contribution is -2.01. The van der Waals surface area contributed by atoms with Gasteiger partial charge in [0.1, 0.15) is 0 Å². The summed E-state index contributed by atoms with van der Waals surface area (Å²) < 4.78 is 5.69. The van der Waals surface area contributed by atoms with Crippen molar-refractivity contribution in [3.8, 4) is 5.88 Å². The summed E-state index contributed by atoms with van der Waals surface area (Å²) >= 11 is 0. The maximum absolute atomic E-state index is 9.20. The minimum absolute atomic E-state index is 0.0755. The maximum Gasteiger partial charge on any atom is 0.221 e. The van der Waals surface area contributed by atoms with Crippen LogP contribution in [0.4, 0.5) is 0 Å². The predicted octanol–water partition coefficient (Wildman–Crippen LogP) is 3.07. The van der Waals surface area contributed by atoms with Gasteiger partial charge in [-0.15, -0.1) is 6.58 Å². The van der Waals surface area contributed by atoms with Crippen LogP contribution in [0.3, 0.4) is 0 Å². The Morgan fingerprint density at radius 3 is 2.94 bits per heavy atom. The molecule has 0 saturated heterocycles. The topological polar surface area (TPSA) is 42.4 Å². The average Bonchev–Trinajstić information content (AvgIpc) is 2.43. The van der Waals surface area contributed by atoms with Gasteiger partial charge in [-0.1, -0.05) is 24.3 Å². The molecule has 94 valence electrons. The summed E-state index contributed by atoms with van der Waals surface area (Å²) in [5, 5.41) is 11.2. The van der Waals surface area contributed by atoms with E-state index < -0.39 is 0 Å². The Hall–Kier alpha value is -1.87. The molecule has 3 heteroatoms. The van der Waals surface area contributed by atoms with Gasteiger partial charge < -0.3 is 9.84 Å². The molecule has 18 heavy (non-hydrogen) atoms. The Labute approximate surface area is 107 Å². The second-order valence-corrected chi connectivity index (χ2v) is 4.08. The van der Waals surface area contributed by atoms with Crippen LogP contribution >= 0.6 is 0 Å². The summed E-state index contributed by atoms with van der Waals surface area (Å²) in [6.07, 6.45) is 3.72. The molecule has 0 aliphatic rings. The number of rotatable bonds is 6. The van der Waals surface area contributed by atoms with Crippen LogP contribution in [0.2, 0.25) is 0 Å². The Kier molecular flexibility index (Phi) is 4.31. The minimum Gasteiger partial charge on any atom is -0.477 e. The summed E-state index contributed by atoms with van der Waals surface area (Å²) in [6.45, 7) is 4.21. The quantitative estimate of drug-likeness (QED) is 0.626. The van der Waals surface area contributed by atoms with Crippen molar-refractivity contribution in [1.29, 1.82) is 0 Å². The first-order chi connectivity index (χ1) is 8.85. The monoisotopic (exact) mass is 243 g/mol. The van der Waals surface area contributed by atoms with E-state index in [0.29, 0.717) is 18.2 Å². The van der Waals surface area contributed by atoms with Gasteiger partial charge in [0.2, 0.25) is 5.88 Å². The van der Waals surface area contributed by atoms with Gasteiger partial charge in [0.05, 0.1) is 18.9 Å². The molecule has 0 saturated carbocycles. The number of ether oxygens (including phenoxy) is 1. The molecule has 2 aromatic rings. The van der Waals surface area contributed by atoms with Crippen molar-refractivity contribution in [1.82, 2.24) is 4.98 Å². The van der Waals surface area contributed by atoms with Gasteiger partial charge in [0.25, 0.3) is 0 Å². The van der Waals surface area contributed by atoms with E-state index in [1.54, 1.807) is 0 Å². The van der Waals surface area contributed by atoms with E-state index in [-0.39, 0.29) is 6.61 Å². The highest BCUT2D eigenvalue weighted by molar-refractivity contribution is 5.87. The molecule has 0 bridgehead atoms. The minimum atomic E-state index is -0.0755. The zero-order valence-corrected chi connectivity index (χ0v) is 10.3. The Bertz CT molecular complexity index is 537. The largest absolute Gasteiger partial charge is 0.477 e. The smallest absolute Gasteiger partial charge is 0.221 e. The number of hydrogen-bond donors (Lipinski definition) is 1. The molecule has 1 aromatic heterocycles. The summed E-state index contributed by atoms with van der Waals surface area (Å²) in [5.41, 5.74) is 0.632. The van der Waals surface area contributed by atoms with Crippen LogP contribution in [0.15, 0.2) is 43.0 Å². The molecule has 0 spiro atoms. The highest BCUT2D eigenvalue weighted by Crippen LogP contribution is 2.24. The van der Waals surface area contributed by atoms with Crippen molar-refractivity contribution in [3.05, 3.63) is 48.7 Å². The first-order valence-electron chi connectivity index (χ1n) is 6.08. The lowest BCUT2D eigenvalue weighted by Gasteiger charge is -2.09. The molecule has 0 amide bonds. The molecule has 2 rings (SSSR count). The van der Waals surface area contributed by atoms with Crippen LogP contribution in [0.25, 0.3) is 10.8 Å². The fraction of sp³-hybridized carbons (Fsp3) is 0.267. The second kappa shape index (κ2) is 6.17. The van der Waals surface area contributed by atoms with Crippen molar-refractivity contribution in [2.75, 3.05) is 6.61 Å². The molecule has 0 atom stereocenters. The number of fused-ring (bicyclic) bond motifs is 1. The Balaban J connectivity index is 2.26. The van der Waals surface area contributed by atoms with E-state index in [1.165, 1.54) is 0 Å². The Morgan fingerprint density at radius 2 is 2.17 bits per heavy atom. The van der Waals surface area contributed by atoms with Crippen molar-refractivity contribution >= 4 is 10.8 Å². The van der Waals surface area contributed by atoms with E-state index in [1.807, 2.05) is 36.4 Å². The van der Waals surface area contributed by atoms with E-state index in [4.69, 9.17) is 4.74 Å². The third kappa shape index (κ3) is 2.87. The van der Waals surface area contributed by atoms with Crippen molar-refractivity contribution in [2.45, 2.75) is 19.4 Å². The number of benzene rings is 1. The summed E-state index contributed by atoms with van der Waals surface area (Å²) in [7, 11) is 0. The second-order valence-electron chi connectivity index (χ2n) is 4.08. The van der Waals surface area contributed by atoms with Gasteiger partial charge in [-0.05, 0) is 30.4 Å². The fourth-order valence-corrected chi connectivity index (χ4v) is 1.81. The molecule has 0 aliphatic heterocycles. The zero-order chi connectivity index (χ0) is 12.8. The number of allylic oxidation sites excluding steroid dienone is 1. The summed E-state index contributed by atoms with van der Waals surface area (Å²) in [5.74, 6) is 0.598. The van der Waals surface area contributed by atoms with E-state index in [2.05, 4.69) is 11.6 Å². The number of hydrogen-bond acceptors (Lipinski definition) is 3. The van der Waals surface area contributed by atoms with Gasteiger partial charge in [0, 0.05) is 5.39 Å². The van der Waals surface area contributed by atoms with Gasteiger partial charge in [-0.3, -0.25) is 0 Å². The van der Waals surface area contributed by atoms with Crippen LogP contribution in [-0.2, 0) is 6.61 Å². The van der Waals surface area contributed by atoms with Gasteiger partial charge in [-0.25, -0.2) is 4.98 Å². The number of aliphatic hydroxyl groups excluding tert-OH is 1. The van der Waals surface area contributed by atoms with Crippen molar-refractivity contribution in [2.24, 2.45) is 0 Å². The van der Waals surface area contributed by atoms with Crippen LogP contribution in [0.5, 0.6) is 5.88 Å². The normalized spacial score (nSPS) is 10.5. The molecule has 1 N–H and O–H groups in total. The zero-order valence-electron chi connectivity index (χ0n) is 10.3. The van der Waals surface area contributed by atoms with Gasteiger partial charge in [0.15, 0.2) is 0 Å². The summed E-state index contributed by atoms with van der Waals surface area (Å²) in [6, 6.07) is 9.77. The molecule has 3 nitrogen and oxygen atoms in total. The SMILES string of the molecule is C=CCCCOc1nc(CO)cc2ccccc12. The van der Waals surface area contributed by atoms with Crippen molar-refractivity contribution in [3.63, 3.8) is 0 Å². The predicted molar refractivity (Wildman–Crippen MR) is 72.6 cm³/mol. The molecular weight excluding hydrogens is 226 g/mol. The highest BCUT2D eigenvalue weighted by atomic mass is 16.5. The van der Waals surface area contributed by atoms with Crippen molar-refractivity contribution < 1.29 is 9.84 Å². The lowest BCUT2D eigenvalue weighted by atomic mass is 10.1. The van der Waals surface area contributed by atoms with Crippen LogP contribution in [0, 0.1) is 0 Å². The molecule has 1 heterocycles. The molecule has 0 radical (unpaired) electrons. The average molecular weight is 243 g/mol. The number of pyridine rings is 1. The number of aromatic nitrogens is 1. The third-order valence-electron chi connectivity index (χ3n) is 2.71. The van der Waals surface area contributed by atoms with E-state index in [0.717, 1.165) is 23.6 Å². The first kappa shape index (κ1) is 12.6. The summed E-state index contributed by atoms with van der Waals surface area (Å²) in [4.78, 5) is 4.32. The highest BCUT2D eigenvalue weighted by Gasteiger charge is 2.06. The fourth-order valence-electron chi connectivity index (χ4n) is 1.81. The van der Waals surface area contributed by atoms with Gasteiger partial charge in [-0.2, -0.15) is 0 Å². The molecule has 1 aromatic carbocycles. The number of unbranched alkanes of at least 4 members (excludes halogenated alkanes) is 1. The standard InChI is InChI=1S/C15H17NO2/c1-2-3-6-9-18-15-14-8-5-4-7-12(14)10-13(11-17)16-15/h2,4-5,7-8,10,17H,1,3,6,9,11H2. The lowest BCUT2D eigenvalue weighted by molar-refractivity contribution is 0.269. The third-order valence-corrected chi connectivity index (χ3v) is 2.71. The van der Waals surface area contributed by atoms with E-state index >= 15 is 0 Å². The molecule has 0 fully saturated rings. The first-order valence-corrected chi connectivity index (χ1v) is 6.08. The number of aliphatic hydroxyl groups is 1. The Morgan fingerprint density at radius 1 is 1.33 bits per heavy atom. The van der Waals surface area contributed by atoms with Crippen LogP contribution < -0.4 is 4.74 Å². The molecule has 0 unspecified atom stereocenters.